The van der Waals surface area contributed by atoms with Crippen LogP contribution < -0.4 is 0 Å². The van der Waals surface area contributed by atoms with Crippen molar-refractivity contribution in [2.24, 2.45) is 5.92 Å². The Kier molecular flexibility index (Phi) is 6.25. The third-order valence-electron chi connectivity index (χ3n) is 5.72. The lowest BCUT2D eigenvalue weighted by Gasteiger charge is -2.34. The van der Waals surface area contributed by atoms with Gasteiger partial charge in [-0.25, -0.2) is 8.42 Å². The first-order valence-electron chi connectivity index (χ1n) is 10.3. The maximum Gasteiger partial charge on any atom is 0.289 e. The van der Waals surface area contributed by atoms with Crippen LogP contribution in [-0.4, -0.2) is 37.4 Å². The summed E-state index contributed by atoms with van der Waals surface area (Å²) < 4.78 is 30.6. The van der Waals surface area contributed by atoms with Gasteiger partial charge in [0.05, 0.1) is 11.0 Å². The summed E-state index contributed by atoms with van der Waals surface area (Å²) in [4.78, 5) is 14.7. The highest BCUT2D eigenvalue weighted by Crippen LogP contribution is 2.31. The van der Waals surface area contributed by atoms with Gasteiger partial charge in [-0.05, 0) is 48.6 Å². The number of aliphatic hydroxyl groups excluding tert-OH is 1. The molecule has 1 saturated heterocycles. The fraction of sp³-hybridized carbons (Fsp3) is 0.292. The van der Waals surface area contributed by atoms with Crippen LogP contribution in [0, 0.1) is 5.92 Å². The van der Waals surface area contributed by atoms with Crippen LogP contribution in [0.3, 0.4) is 0 Å². The zero-order chi connectivity index (χ0) is 21.8. The Balaban J connectivity index is 1.36. The zero-order valence-corrected chi connectivity index (χ0v) is 17.9. The molecule has 1 aliphatic heterocycles. The van der Waals surface area contributed by atoms with Crippen LogP contribution in [0.15, 0.2) is 82.1 Å². The van der Waals surface area contributed by atoms with E-state index in [9.17, 15) is 18.3 Å². The Morgan fingerprint density at radius 2 is 1.58 bits per heavy atom. The number of piperidine rings is 1. The Bertz CT molecular complexity index is 1120. The first-order chi connectivity index (χ1) is 14.9. The minimum Gasteiger partial charge on any atom is -0.455 e. The van der Waals surface area contributed by atoms with E-state index in [1.165, 1.54) is 6.07 Å². The maximum absolute atomic E-state index is 12.8. The SMILES string of the molecule is O=C(c1ccc(CS(=O)(=O)c2ccccc2)o1)N1CCC(C(O)c2ccccc2)CC1. The lowest BCUT2D eigenvalue weighted by Crippen LogP contribution is -2.39. The summed E-state index contributed by atoms with van der Waals surface area (Å²) in [5.41, 5.74) is 0.891. The van der Waals surface area contributed by atoms with Gasteiger partial charge < -0.3 is 14.4 Å². The number of carbonyl (C=O) groups is 1. The van der Waals surface area contributed by atoms with E-state index in [-0.39, 0.29) is 34.0 Å². The molecule has 31 heavy (non-hydrogen) atoms. The van der Waals surface area contributed by atoms with Gasteiger partial charge in [0.25, 0.3) is 5.91 Å². The van der Waals surface area contributed by atoms with Crippen molar-refractivity contribution in [2.45, 2.75) is 29.6 Å². The molecule has 4 rings (SSSR count). The molecule has 3 aromatic rings. The summed E-state index contributed by atoms with van der Waals surface area (Å²) in [5, 5.41) is 10.6. The standard InChI is InChI=1S/C24H25NO5S/c26-23(18-7-3-1-4-8-18)19-13-15-25(16-14-19)24(27)22-12-11-20(30-22)17-31(28,29)21-9-5-2-6-10-21/h1-12,19,23,26H,13-17H2. The summed E-state index contributed by atoms with van der Waals surface area (Å²) in [5.74, 6) is -0.0807. The number of likely N-dealkylation sites (tertiary alicyclic amines) is 1. The second kappa shape index (κ2) is 9.08. The Hall–Kier alpha value is -2.90. The molecular weight excluding hydrogens is 414 g/mol. The molecule has 1 aliphatic rings. The predicted octanol–water partition coefficient (Wildman–Crippen LogP) is 3.84. The fourth-order valence-corrected chi connectivity index (χ4v) is 5.23. The number of aliphatic hydroxyl groups is 1. The first-order valence-corrected chi connectivity index (χ1v) is 12.0. The van der Waals surface area contributed by atoms with E-state index >= 15 is 0 Å². The number of hydrogen-bond acceptors (Lipinski definition) is 5. The van der Waals surface area contributed by atoms with Crippen LogP contribution in [0.5, 0.6) is 0 Å². The number of amides is 1. The fourth-order valence-electron chi connectivity index (χ4n) is 3.97. The van der Waals surface area contributed by atoms with Crippen LogP contribution in [0.4, 0.5) is 0 Å². The molecular formula is C24H25NO5S. The van der Waals surface area contributed by atoms with Gasteiger partial charge in [0, 0.05) is 13.1 Å². The molecule has 0 saturated carbocycles. The molecule has 1 unspecified atom stereocenters. The van der Waals surface area contributed by atoms with Gasteiger partial charge in [-0.3, -0.25) is 4.79 Å². The molecule has 1 fully saturated rings. The predicted molar refractivity (Wildman–Crippen MR) is 116 cm³/mol. The third-order valence-corrected chi connectivity index (χ3v) is 7.38. The van der Waals surface area contributed by atoms with Gasteiger partial charge in [-0.2, -0.15) is 0 Å². The van der Waals surface area contributed by atoms with Gasteiger partial charge in [-0.1, -0.05) is 48.5 Å². The normalized spacial score (nSPS) is 16.2. The number of carbonyl (C=O) groups excluding carboxylic acids is 1. The Labute approximate surface area is 182 Å². The van der Waals surface area contributed by atoms with Crippen LogP contribution in [0.1, 0.15) is 40.8 Å². The highest BCUT2D eigenvalue weighted by atomic mass is 32.2. The smallest absolute Gasteiger partial charge is 0.289 e. The van der Waals surface area contributed by atoms with Crippen molar-refractivity contribution < 1.29 is 22.7 Å². The van der Waals surface area contributed by atoms with E-state index < -0.39 is 15.9 Å². The van der Waals surface area contributed by atoms with Crippen LogP contribution in [-0.2, 0) is 15.6 Å². The van der Waals surface area contributed by atoms with Gasteiger partial charge in [0.1, 0.15) is 11.5 Å². The first kappa shape index (κ1) is 21.3. The van der Waals surface area contributed by atoms with Crippen LogP contribution in [0.25, 0.3) is 0 Å². The molecule has 2 aromatic carbocycles. The quantitative estimate of drug-likeness (QED) is 0.631. The minimum atomic E-state index is -3.54. The molecule has 1 aromatic heterocycles. The van der Waals surface area contributed by atoms with E-state index in [2.05, 4.69) is 0 Å². The van der Waals surface area contributed by atoms with Crippen molar-refractivity contribution in [3.05, 3.63) is 89.9 Å². The molecule has 1 atom stereocenters. The second-order valence-corrected chi connectivity index (χ2v) is 9.81. The van der Waals surface area contributed by atoms with Gasteiger partial charge in [0.15, 0.2) is 15.6 Å². The van der Waals surface area contributed by atoms with E-state index in [1.54, 1.807) is 41.3 Å². The molecule has 2 heterocycles. The lowest BCUT2D eigenvalue weighted by atomic mass is 9.87. The average Bonchev–Trinajstić information content (AvgIpc) is 3.27. The maximum atomic E-state index is 12.8. The molecule has 1 N–H and O–H groups in total. The molecule has 0 aliphatic carbocycles. The average molecular weight is 440 g/mol. The van der Waals surface area contributed by atoms with Crippen molar-refractivity contribution >= 4 is 15.7 Å². The minimum absolute atomic E-state index is 0.0922. The monoisotopic (exact) mass is 439 g/mol. The van der Waals surface area contributed by atoms with E-state index in [4.69, 9.17) is 4.42 Å². The zero-order valence-electron chi connectivity index (χ0n) is 17.1. The number of hydrogen-bond donors (Lipinski definition) is 1. The Morgan fingerprint density at radius 3 is 2.23 bits per heavy atom. The lowest BCUT2D eigenvalue weighted by molar-refractivity contribution is 0.0442. The molecule has 0 spiro atoms. The molecule has 1 amide bonds. The van der Waals surface area contributed by atoms with Crippen molar-refractivity contribution in [2.75, 3.05) is 13.1 Å². The largest absolute Gasteiger partial charge is 0.455 e. The van der Waals surface area contributed by atoms with Crippen molar-refractivity contribution in [3.8, 4) is 0 Å². The van der Waals surface area contributed by atoms with Crippen molar-refractivity contribution in [1.82, 2.24) is 4.90 Å². The van der Waals surface area contributed by atoms with E-state index in [1.807, 2.05) is 30.3 Å². The summed E-state index contributed by atoms with van der Waals surface area (Å²) >= 11 is 0. The summed E-state index contributed by atoms with van der Waals surface area (Å²) in [6, 6.07) is 20.8. The third kappa shape index (κ3) is 4.89. The number of sulfone groups is 1. The number of benzene rings is 2. The number of nitrogens with zero attached hydrogens (tertiary/aromatic N) is 1. The number of furan rings is 1. The van der Waals surface area contributed by atoms with Crippen LogP contribution in [0.2, 0.25) is 0 Å². The topological polar surface area (TPSA) is 87.8 Å². The van der Waals surface area contributed by atoms with Crippen molar-refractivity contribution in [3.63, 3.8) is 0 Å². The number of rotatable bonds is 6. The van der Waals surface area contributed by atoms with E-state index in [0.29, 0.717) is 25.9 Å². The van der Waals surface area contributed by atoms with Gasteiger partial charge >= 0.3 is 0 Å². The molecule has 0 bridgehead atoms. The molecule has 7 heteroatoms. The molecule has 0 radical (unpaired) electrons. The summed E-state index contributed by atoms with van der Waals surface area (Å²) in [6.45, 7) is 1.04. The molecule has 162 valence electrons. The second-order valence-electron chi connectivity index (χ2n) is 7.82. The van der Waals surface area contributed by atoms with Gasteiger partial charge in [-0.15, -0.1) is 0 Å². The van der Waals surface area contributed by atoms with Crippen LogP contribution >= 0.6 is 0 Å². The van der Waals surface area contributed by atoms with Gasteiger partial charge in [0.2, 0.25) is 0 Å². The van der Waals surface area contributed by atoms with E-state index in [0.717, 1.165) is 5.56 Å². The highest BCUT2D eigenvalue weighted by Gasteiger charge is 2.30. The molecule has 6 nitrogen and oxygen atoms in total. The summed E-state index contributed by atoms with van der Waals surface area (Å²) in [6.07, 6.45) is 0.840. The Morgan fingerprint density at radius 1 is 0.968 bits per heavy atom. The summed E-state index contributed by atoms with van der Waals surface area (Å²) in [7, 11) is -3.54. The highest BCUT2D eigenvalue weighted by molar-refractivity contribution is 7.90. The van der Waals surface area contributed by atoms with Crippen molar-refractivity contribution in [1.29, 1.82) is 0 Å².